The number of aromatic nitrogens is 2. The summed E-state index contributed by atoms with van der Waals surface area (Å²) in [5.74, 6) is 0. The summed E-state index contributed by atoms with van der Waals surface area (Å²) in [6.07, 6.45) is 6.55. The minimum Gasteiger partial charge on any atom is -0.310 e. The normalized spacial score (nSPS) is 12.4. The zero-order chi connectivity index (χ0) is 12.9. The van der Waals surface area contributed by atoms with Gasteiger partial charge in [-0.25, -0.2) is 0 Å². The van der Waals surface area contributed by atoms with Crippen LogP contribution in [-0.4, -0.2) is 15.8 Å². The molecule has 3 heteroatoms. The molecule has 1 aromatic rings. The molecule has 1 heterocycles. The highest BCUT2D eigenvalue weighted by atomic mass is 15.3. The summed E-state index contributed by atoms with van der Waals surface area (Å²) in [6, 6.07) is 0.527. The monoisotopic (exact) mass is 237 g/mol. The minimum absolute atomic E-state index is 0.426. The van der Waals surface area contributed by atoms with E-state index >= 15 is 0 Å². The maximum absolute atomic E-state index is 4.39. The van der Waals surface area contributed by atoms with Gasteiger partial charge in [0.15, 0.2) is 0 Å². The lowest BCUT2D eigenvalue weighted by molar-refractivity contribution is 0.349. The lowest BCUT2D eigenvalue weighted by Gasteiger charge is -2.17. The van der Waals surface area contributed by atoms with E-state index in [1.54, 1.807) is 0 Å². The van der Waals surface area contributed by atoms with E-state index in [9.17, 15) is 0 Å². The van der Waals surface area contributed by atoms with E-state index in [1.165, 1.54) is 18.4 Å². The van der Waals surface area contributed by atoms with Crippen LogP contribution < -0.4 is 5.32 Å². The summed E-state index contributed by atoms with van der Waals surface area (Å²) < 4.78 is 2.06. The van der Waals surface area contributed by atoms with Crippen LogP contribution in [0.5, 0.6) is 0 Å². The van der Waals surface area contributed by atoms with Crippen molar-refractivity contribution in [2.45, 2.75) is 66.6 Å². The molecule has 0 saturated carbocycles. The second-order valence-electron chi connectivity index (χ2n) is 6.31. The molecule has 0 radical (unpaired) electrons. The van der Waals surface area contributed by atoms with Crippen LogP contribution in [0.1, 0.15) is 53.0 Å². The fourth-order valence-electron chi connectivity index (χ4n) is 1.71. The largest absolute Gasteiger partial charge is 0.310 e. The van der Waals surface area contributed by atoms with Crippen LogP contribution in [0.25, 0.3) is 0 Å². The molecule has 0 amide bonds. The Labute approximate surface area is 106 Å². The number of nitrogens with zero attached hydrogens (tertiary/aromatic N) is 2. The van der Waals surface area contributed by atoms with Crippen molar-refractivity contribution in [1.82, 2.24) is 15.1 Å². The molecule has 0 aliphatic rings. The summed E-state index contributed by atoms with van der Waals surface area (Å²) in [6.45, 7) is 13.1. The van der Waals surface area contributed by atoms with Crippen LogP contribution in [0.2, 0.25) is 0 Å². The Balaban J connectivity index is 2.31. The Hall–Kier alpha value is -0.830. The van der Waals surface area contributed by atoms with Crippen molar-refractivity contribution >= 4 is 0 Å². The topological polar surface area (TPSA) is 29.9 Å². The molecule has 1 rings (SSSR count). The van der Waals surface area contributed by atoms with Gasteiger partial charge < -0.3 is 5.32 Å². The van der Waals surface area contributed by atoms with E-state index < -0.39 is 0 Å². The molecule has 0 bridgehead atoms. The number of rotatable bonds is 6. The van der Waals surface area contributed by atoms with Gasteiger partial charge in [0.05, 0.1) is 6.20 Å². The zero-order valence-corrected chi connectivity index (χ0v) is 12.0. The highest BCUT2D eigenvalue weighted by Gasteiger charge is 2.09. The van der Waals surface area contributed by atoms with E-state index in [4.69, 9.17) is 0 Å². The fourth-order valence-corrected chi connectivity index (χ4v) is 1.71. The SMILES string of the molecule is CC(C)NCc1cnn(CCCC(C)(C)C)c1. The average Bonchev–Trinajstić information content (AvgIpc) is 2.61. The van der Waals surface area contributed by atoms with Gasteiger partial charge in [-0.05, 0) is 18.3 Å². The standard InChI is InChI=1S/C14H27N3/c1-12(2)15-9-13-10-16-17(11-13)8-6-7-14(3,4)5/h10-12,15H,6-9H2,1-5H3. The third-order valence-electron chi connectivity index (χ3n) is 2.72. The second kappa shape index (κ2) is 6.20. The van der Waals surface area contributed by atoms with Crippen molar-refractivity contribution in [3.8, 4) is 0 Å². The molecule has 0 saturated heterocycles. The lowest BCUT2D eigenvalue weighted by Crippen LogP contribution is -2.21. The molecule has 0 fully saturated rings. The summed E-state index contributed by atoms with van der Waals surface area (Å²) in [4.78, 5) is 0. The first-order valence-electron chi connectivity index (χ1n) is 6.61. The highest BCUT2D eigenvalue weighted by Crippen LogP contribution is 2.20. The van der Waals surface area contributed by atoms with E-state index in [1.807, 2.05) is 6.20 Å². The fraction of sp³-hybridized carbons (Fsp3) is 0.786. The van der Waals surface area contributed by atoms with Crippen molar-refractivity contribution in [1.29, 1.82) is 0 Å². The van der Waals surface area contributed by atoms with Gasteiger partial charge in [-0.15, -0.1) is 0 Å². The molecular formula is C14H27N3. The van der Waals surface area contributed by atoms with Gasteiger partial charge in [-0.1, -0.05) is 34.6 Å². The zero-order valence-electron chi connectivity index (χ0n) is 12.0. The summed E-state index contributed by atoms with van der Waals surface area (Å²) >= 11 is 0. The molecule has 0 atom stereocenters. The Bertz CT molecular complexity index is 320. The molecule has 3 nitrogen and oxygen atoms in total. The third kappa shape index (κ3) is 6.47. The Kier molecular flexibility index (Phi) is 5.19. The van der Waals surface area contributed by atoms with Crippen LogP contribution in [0.3, 0.4) is 0 Å². The molecule has 0 aromatic carbocycles. The van der Waals surface area contributed by atoms with Gasteiger partial charge in [-0.2, -0.15) is 5.10 Å². The molecule has 0 spiro atoms. The van der Waals surface area contributed by atoms with Crippen LogP contribution in [0, 0.1) is 5.41 Å². The summed E-state index contributed by atoms with van der Waals surface area (Å²) in [7, 11) is 0. The molecule has 17 heavy (non-hydrogen) atoms. The maximum atomic E-state index is 4.39. The molecule has 1 aromatic heterocycles. The Morgan fingerprint density at radius 2 is 2.06 bits per heavy atom. The summed E-state index contributed by atoms with van der Waals surface area (Å²) in [5, 5.41) is 7.79. The quantitative estimate of drug-likeness (QED) is 0.823. The van der Waals surface area contributed by atoms with Crippen molar-refractivity contribution in [2.24, 2.45) is 5.41 Å². The first kappa shape index (κ1) is 14.2. The van der Waals surface area contributed by atoms with Crippen molar-refractivity contribution in [2.75, 3.05) is 0 Å². The molecule has 0 aliphatic carbocycles. The van der Waals surface area contributed by atoms with E-state index in [2.05, 4.69) is 55.9 Å². The first-order valence-corrected chi connectivity index (χ1v) is 6.61. The van der Waals surface area contributed by atoms with E-state index in [0.29, 0.717) is 11.5 Å². The summed E-state index contributed by atoms with van der Waals surface area (Å²) in [5.41, 5.74) is 1.70. The minimum atomic E-state index is 0.426. The molecule has 0 aliphatic heterocycles. The van der Waals surface area contributed by atoms with Gasteiger partial charge in [0.25, 0.3) is 0 Å². The van der Waals surface area contributed by atoms with Gasteiger partial charge in [0.1, 0.15) is 0 Å². The first-order chi connectivity index (χ1) is 7.87. The van der Waals surface area contributed by atoms with E-state index in [-0.39, 0.29) is 0 Å². The average molecular weight is 237 g/mol. The van der Waals surface area contributed by atoms with Crippen LogP contribution in [0.15, 0.2) is 12.4 Å². The predicted octanol–water partition coefficient (Wildman–Crippen LogP) is 3.21. The van der Waals surface area contributed by atoms with Crippen LogP contribution in [0.4, 0.5) is 0 Å². The van der Waals surface area contributed by atoms with Gasteiger partial charge in [0.2, 0.25) is 0 Å². The maximum Gasteiger partial charge on any atom is 0.0534 e. The van der Waals surface area contributed by atoms with Gasteiger partial charge >= 0.3 is 0 Å². The second-order valence-corrected chi connectivity index (χ2v) is 6.31. The smallest absolute Gasteiger partial charge is 0.0534 e. The molecule has 1 N–H and O–H groups in total. The van der Waals surface area contributed by atoms with Gasteiger partial charge in [-0.3, -0.25) is 4.68 Å². The molecule has 0 unspecified atom stereocenters. The molecular weight excluding hydrogens is 210 g/mol. The Morgan fingerprint density at radius 1 is 1.35 bits per heavy atom. The lowest BCUT2D eigenvalue weighted by atomic mass is 9.91. The number of nitrogens with one attached hydrogen (secondary N) is 1. The number of hydrogen-bond acceptors (Lipinski definition) is 2. The van der Waals surface area contributed by atoms with Crippen molar-refractivity contribution in [3.63, 3.8) is 0 Å². The van der Waals surface area contributed by atoms with E-state index in [0.717, 1.165) is 13.1 Å². The van der Waals surface area contributed by atoms with Crippen molar-refractivity contribution < 1.29 is 0 Å². The van der Waals surface area contributed by atoms with Crippen LogP contribution in [-0.2, 0) is 13.1 Å². The third-order valence-corrected chi connectivity index (χ3v) is 2.72. The number of aryl methyl sites for hydroxylation is 1. The van der Waals surface area contributed by atoms with Crippen molar-refractivity contribution in [3.05, 3.63) is 18.0 Å². The predicted molar refractivity (Wildman–Crippen MR) is 72.9 cm³/mol. The van der Waals surface area contributed by atoms with Crippen LogP contribution >= 0.6 is 0 Å². The molecule has 98 valence electrons. The van der Waals surface area contributed by atoms with Gasteiger partial charge in [0, 0.05) is 30.9 Å². The highest BCUT2D eigenvalue weighted by molar-refractivity contribution is 5.03. The Morgan fingerprint density at radius 3 is 2.65 bits per heavy atom. The number of hydrogen-bond donors (Lipinski definition) is 1.